The van der Waals surface area contributed by atoms with Gasteiger partial charge in [0, 0.05) is 5.56 Å². The van der Waals surface area contributed by atoms with Gasteiger partial charge in [-0.05, 0) is 24.3 Å². The molecule has 0 bridgehead atoms. The van der Waals surface area contributed by atoms with Crippen molar-refractivity contribution in [1.29, 1.82) is 0 Å². The number of aromatic amines is 1. The number of halogens is 1. The number of benzene rings is 2. The minimum atomic E-state index is -0.334. The number of imidazole rings is 1. The van der Waals surface area contributed by atoms with Gasteiger partial charge in [0.2, 0.25) is 12.7 Å². The minimum absolute atomic E-state index is 0.101. The number of hydrogen-bond acceptors (Lipinski definition) is 4. The lowest BCUT2D eigenvalue weighted by atomic mass is 10.2. The van der Waals surface area contributed by atoms with Gasteiger partial charge in [-0.3, -0.25) is 10.1 Å². The Labute approximate surface area is 130 Å². The first kappa shape index (κ1) is 13.0. The van der Waals surface area contributed by atoms with Crippen molar-refractivity contribution >= 4 is 34.5 Å². The molecule has 1 aromatic heterocycles. The molecule has 3 aromatic rings. The Morgan fingerprint density at radius 1 is 1.27 bits per heavy atom. The number of rotatable bonds is 2. The van der Waals surface area contributed by atoms with Crippen LogP contribution in [0, 0.1) is 0 Å². The van der Waals surface area contributed by atoms with E-state index in [1.165, 1.54) is 6.07 Å². The van der Waals surface area contributed by atoms with E-state index in [0.717, 1.165) is 11.0 Å². The second-order valence-corrected chi connectivity index (χ2v) is 5.16. The van der Waals surface area contributed by atoms with E-state index in [0.29, 0.717) is 28.0 Å². The van der Waals surface area contributed by atoms with Crippen molar-refractivity contribution in [2.24, 2.45) is 0 Å². The molecular formula is C15H10ClN3O3. The van der Waals surface area contributed by atoms with Gasteiger partial charge in [-0.25, -0.2) is 4.98 Å². The second kappa shape index (κ2) is 4.92. The first-order valence-electron chi connectivity index (χ1n) is 6.56. The van der Waals surface area contributed by atoms with Crippen LogP contribution in [0.15, 0.2) is 36.4 Å². The van der Waals surface area contributed by atoms with Crippen molar-refractivity contribution in [2.45, 2.75) is 0 Å². The third-order valence-corrected chi connectivity index (χ3v) is 3.59. The van der Waals surface area contributed by atoms with Crippen LogP contribution in [0.4, 0.5) is 5.95 Å². The van der Waals surface area contributed by atoms with E-state index in [1.54, 1.807) is 6.07 Å². The molecule has 2 aromatic carbocycles. The van der Waals surface area contributed by atoms with Crippen molar-refractivity contribution in [3.05, 3.63) is 47.0 Å². The van der Waals surface area contributed by atoms with Crippen LogP contribution in [0.2, 0.25) is 5.02 Å². The summed E-state index contributed by atoms with van der Waals surface area (Å²) >= 11 is 6.08. The number of anilines is 1. The molecule has 0 saturated heterocycles. The summed E-state index contributed by atoms with van der Waals surface area (Å²) in [4.78, 5) is 19.6. The van der Waals surface area contributed by atoms with Crippen LogP contribution in [-0.4, -0.2) is 22.7 Å². The predicted molar refractivity (Wildman–Crippen MR) is 81.6 cm³/mol. The Morgan fingerprint density at radius 3 is 3.00 bits per heavy atom. The normalized spacial score (nSPS) is 12.6. The summed E-state index contributed by atoms with van der Waals surface area (Å²) in [7, 11) is 0. The summed E-state index contributed by atoms with van der Waals surface area (Å²) in [5.41, 5.74) is 2.00. The van der Waals surface area contributed by atoms with Gasteiger partial charge < -0.3 is 14.5 Å². The number of nitrogens with zero attached hydrogens (tertiary/aromatic N) is 1. The fourth-order valence-corrected chi connectivity index (χ4v) is 2.56. The van der Waals surface area contributed by atoms with Crippen molar-refractivity contribution in [2.75, 3.05) is 12.1 Å². The Morgan fingerprint density at radius 2 is 2.14 bits per heavy atom. The molecule has 2 N–H and O–H groups in total. The van der Waals surface area contributed by atoms with Crippen LogP contribution < -0.4 is 14.8 Å². The molecule has 2 heterocycles. The van der Waals surface area contributed by atoms with E-state index in [2.05, 4.69) is 15.3 Å². The maximum absolute atomic E-state index is 12.3. The fraction of sp³-hybridized carbons (Fsp3) is 0.0667. The topological polar surface area (TPSA) is 76.2 Å². The number of para-hydroxylation sites is 2. The fourth-order valence-electron chi connectivity index (χ4n) is 2.29. The number of fused-ring (bicyclic) bond motifs is 2. The number of carbonyl (C=O) groups is 1. The first-order valence-corrected chi connectivity index (χ1v) is 6.94. The van der Waals surface area contributed by atoms with E-state index in [9.17, 15) is 4.79 Å². The number of aromatic nitrogens is 2. The molecule has 4 rings (SSSR count). The van der Waals surface area contributed by atoms with E-state index >= 15 is 0 Å². The predicted octanol–water partition coefficient (Wildman–Crippen LogP) is 3.20. The SMILES string of the molecule is O=C(Nc1nc2ccccc2[nH]1)c1cc(Cl)c2c(c1)OCO2. The van der Waals surface area contributed by atoms with Crippen LogP contribution >= 0.6 is 11.6 Å². The molecule has 0 unspecified atom stereocenters. The molecule has 110 valence electrons. The molecule has 0 aliphatic carbocycles. The van der Waals surface area contributed by atoms with Crippen molar-refractivity contribution in [3.63, 3.8) is 0 Å². The number of ether oxygens (including phenoxy) is 2. The summed E-state index contributed by atoms with van der Waals surface area (Å²) in [5, 5.41) is 3.04. The van der Waals surface area contributed by atoms with Gasteiger partial charge in [-0.1, -0.05) is 23.7 Å². The smallest absolute Gasteiger partial charge is 0.258 e. The Balaban J connectivity index is 1.63. The minimum Gasteiger partial charge on any atom is -0.454 e. The number of amides is 1. The van der Waals surface area contributed by atoms with Crippen LogP contribution in [0.1, 0.15) is 10.4 Å². The highest BCUT2D eigenvalue weighted by Gasteiger charge is 2.21. The molecule has 1 amide bonds. The molecule has 0 fully saturated rings. The van der Waals surface area contributed by atoms with Gasteiger partial charge in [-0.2, -0.15) is 0 Å². The molecular weight excluding hydrogens is 306 g/mol. The van der Waals surface area contributed by atoms with E-state index < -0.39 is 0 Å². The number of H-pyrrole nitrogens is 1. The summed E-state index contributed by atoms with van der Waals surface area (Å²) in [6, 6.07) is 10.6. The highest BCUT2D eigenvalue weighted by molar-refractivity contribution is 6.32. The van der Waals surface area contributed by atoms with Gasteiger partial charge in [0.15, 0.2) is 11.5 Å². The van der Waals surface area contributed by atoms with Gasteiger partial charge >= 0.3 is 0 Å². The van der Waals surface area contributed by atoms with Gasteiger partial charge in [0.05, 0.1) is 16.1 Å². The van der Waals surface area contributed by atoms with Gasteiger partial charge in [0.25, 0.3) is 5.91 Å². The highest BCUT2D eigenvalue weighted by Crippen LogP contribution is 2.39. The molecule has 0 saturated carbocycles. The molecule has 1 aliphatic heterocycles. The van der Waals surface area contributed by atoms with Gasteiger partial charge in [-0.15, -0.1) is 0 Å². The first-order chi connectivity index (χ1) is 10.7. The summed E-state index contributed by atoms with van der Waals surface area (Å²) in [6.45, 7) is 0.101. The standard InChI is InChI=1S/C15H10ClN3O3/c16-9-5-8(6-12-13(9)22-7-21-12)14(20)19-15-17-10-3-1-2-4-11(10)18-15/h1-6H,7H2,(H2,17,18,19,20). The van der Waals surface area contributed by atoms with Crippen LogP contribution in [0.25, 0.3) is 11.0 Å². The van der Waals surface area contributed by atoms with Crippen LogP contribution in [-0.2, 0) is 0 Å². The molecule has 0 radical (unpaired) electrons. The maximum atomic E-state index is 12.3. The molecule has 6 nitrogen and oxygen atoms in total. The third kappa shape index (κ3) is 2.14. The summed E-state index contributed by atoms with van der Waals surface area (Å²) in [6.07, 6.45) is 0. The largest absolute Gasteiger partial charge is 0.454 e. The van der Waals surface area contributed by atoms with Crippen molar-refractivity contribution in [3.8, 4) is 11.5 Å². The maximum Gasteiger partial charge on any atom is 0.258 e. The third-order valence-electron chi connectivity index (χ3n) is 3.31. The Hall–Kier alpha value is -2.73. The van der Waals surface area contributed by atoms with E-state index in [-0.39, 0.29) is 12.7 Å². The highest BCUT2D eigenvalue weighted by atomic mass is 35.5. The number of nitrogens with one attached hydrogen (secondary N) is 2. The number of carbonyl (C=O) groups excluding carboxylic acids is 1. The summed E-state index contributed by atoms with van der Waals surface area (Å²) in [5.74, 6) is 0.962. The lowest BCUT2D eigenvalue weighted by Crippen LogP contribution is -2.12. The zero-order valence-corrected chi connectivity index (χ0v) is 12.0. The zero-order chi connectivity index (χ0) is 15.1. The van der Waals surface area contributed by atoms with Gasteiger partial charge in [0.1, 0.15) is 0 Å². The zero-order valence-electron chi connectivity index (χ0n) is 11.2. The van der Waals surface area contributed by atoms with E-state index in [1.807, 2.05) is 24.3 Å². The molecule has 7 heteroatoms. The van der Waals surface area contributed by atoms with Crippen LogP contribution in [0.5, 0.6) is 11.5 Å². The van der Waals surface area contributed by atoms with Crippen molar-refractivity contribution in [1.82, 2.24) is 9.97 Å². The lowest BCUT2D eigenvalue weighted by Gasteiger charge is -2.05. The average Bonchev–Trinajstić information content (AvgIpc) is 3.12. The summed E-state index contributed by atoms with van der Waals surface area (Å²) < 4.78 is 10.5. The average molecular weight is 316 g/mol. The Kier molecular flexibility index (Phi) is 2.90. The molecule has 0 spiro atoms. The Bertz CT molecular complexity index is 858. The molecule has 1 aliphatic rings. The van der Waals surface area contributed by atoms with Crippen LogP contribution in [0.3, 0.4) is 0 Å². The lowest BCUT2D eigenvalue weighted by molar-refractivity contribution is 0.102. The second-order valence-electron chi connectivity index (χ2n) is 4.75. The quantitative estimate of drug-likeness (QED) is 0.761. The van der Waals surface area contributed by atoms with E-state index in [4.69, 9.17) is 21.1 Å². The number of hydrogen-bond donors (Lipinski definition) is 2. The molecule has 22 heavy (non-hydrogen) atoms. The van der Waals surface area contributed by atoms with Crippen molar-refractivity contribution < 1.29 is 14.3 Å². The monoisotopic (exact) mass is 315 g/mol. The molecule has 0 atom stereocenters.